The Bertz CT molecular complexity index is 1420. The second-order valence-corrected chi connectivity index (χ2v) is 9.73. The van der Waals surface area contributed by atoms with Gasteiger partial charge in [0, 0.05) is 12.2 Å². The van der Waals surface area contributed by atoms with E-state index in [9.17, 15) is 10.1 Å². The topological polar surface area (TPSA) is 84.1 Å². The summed E-state index contributed by atoms with van der Waals surface area (Å²) < 4.78 is 17.3. The van der Waals surface area contributed by atoms with Gasteiger partial charge in [0.05, 0.1) is 47.0 Å². The summed E-state index contributed by atoms with van der Waals surface area (Å²) in [5.41, 5.74) is 2.73. The number of carbonyl (C=O) groups excluding carboxylic acids is 1. The molecule has 3 aromatic carbocycles. The molecule has 0 aromatic heterocycles. The van der Waals surface area contributed by atoms with E-state index < -0.39 is 0 Å². The van der Waals surface area contributed by atoms with Gasteiger partial charge in [0.15, 0.2) is 16.7 Å². The summed E-state index contributed by atoms with van der Waals surface area (Å²) in [6, 6.07) is 22.4. The van der Waals surface area contributed by atoms with Gasteiger partial charge in [-0.3, -0.25) is 9.69 Å². The number of nitrogens with zero attached hydrogens (tertiary/aromatic N) is 3. The minimum atomic E-state index is -0.156. The molecule has 0 bridgehead atoms. The Labute approximate surface area is 237 Å². The quantitative estimate of drug-likeness (QED) is 0.188. The highest BCUT2D eigenvalue weighted by Crippen LogP contribution is 2.40. The molecule has 7 nitrogen and oxygen atoms in total. The first-order valence-electron chi connectivity index (χ1n) is 12.5. The summed E-state index contributed by atoms with van der Waals surface area (Å²) in [5, 5.41) is 10.3. The first kappa shape index (κ1) is 28.2. The number of aliphatic imine (C=N–C) groups is 1. The molecule has 1 amide bonds. The maximum absolute atomic E-state index is 13.4. The third-order valence-electron chi connectivity index (χ3n) is 5.67. The molecule has 39 heavy (non-hydrogen) atoms. The van der Waals surface area contributed by atoms with Gasteiger partial charge in [-0.15, -0.1) is 0 Å². The van der Waals surface area contributed by atoms with Gasteiger partial charge in [-0.25, -0.2) is 4.99 Å². The third-order valence-corrected chi connectivity index (χ3v) is 6.96. The average molecular weight is 562 g/mol. The molecule has 1 fully saturated rings. The average Bonchev–Trinajstić information content (AvgIpc) is 3.22. The molecule has 1 saturated heterocycles. The Balaban J connectivity index is 1.62. The van der Waals surface area contributed by atoms with Gasteiger partial charge >= 0.3 is 0 Å². The van der Waals surface area contributed by atoms with Crippen LogP contribution in [-0.4, -0.2) is 42.3 Å². The lowest BCUT2D eigenvalue weighted by molar-refractivity contribution is -0.122. The van der Waals surface area contributed by atoms with Crippen molar-refractivity contribution in [2.45, 2.75) is 20.5 Å². The molecule has 0 spiro atoms. The summed E-state index contributed by atoms with van der Waals surface area (Å²) in [6.45, 7) is 5.71. The summed E-state index contributed by atoms with van der Waals surface area (Å²) in [5.74, 6) is 0.675. The van der Waals surface area contributed by atoms with Crippen LogP contribution in [0.2, 0.25) is 5.02 Å². The Hall–Kier alpha value is -3.77. The van der Waals surface area contributed by atoms with Crippen molar-refractivity contribution >= 4 is 46.2 Å². The molecule has 0 saturated carbocycles. The molecule has 0 unspecified atom stereocenters. The number of hydrogen-bond donors (Lipinski definition) is 0. The normalized spacial score (nSPS) is 15.1. The van der Waals surface area contributed by atoms with Crippen LogP contribution in [0.5, 0.6) is 11.5 Å². The molecule has 200 valence electrons. The van der Waals surface area contributed by atoms with Crippen LogP contribution in [0.15, 0.2) is 76.6 Å². The van der Waals surface area contributed by atoms with Crippen molar-refractivity contribution in [3.05, 3.63) is 93.3 Å². The molecule has 0 N–H and O–H groups in total. The maximum atomic E-state index is 13.4. The number of nitriles is 1. The van der Waals surface area contributed by atoms with E-state index >= 15 is 0 Å². The van der Waals surface area contributed by atoms with Gasteiger partial charge in [0.1, 0.15) is 6.61 Å². The molecule has 1 heterocycles. The van der Waals surface area contributed by atoms with Crippen molar-refractivity contribution in [3.8, 4) is 17.6 Å². The predicted octanol–water partition coefficient (Wildman–Crippen LogP) is 6.83. The van der Waals surface area contributed by atoms with Gasteiger partial charge in [-0.05, 0) is 67.6 Å². The number of carbonyl (C=O) groups is 1. The van der Waals surface area contributed by atoms with Crippen molar-refractivity contribution in [3.63, 3.8) is 0 Å². The second-order valence-electron chi connectivity index (χ2n) is 8.31. The van der Waals surface area contributed by atoms with Crippen LogP contribution in [0.4, 0.5) is 5.69 Å². The smallest absolute Gasteiger partial charge is 0.266 e. The minimum absolute atomic E-state index is 0.156. The van der Waals surface area contributed by atoms with Crippen LogP contribution in [0, 0.1) is 11.3 Å². The van der Waals surface area contributed by atoms with E-state index in [1.807, 2.05) is 56.3 Å². The van der Waals surface area contributed by atoms with Crippen LogP contribution >= 0.6 is 23.4 Å². The number of amidine groups is 1. The van der Waals surface area contributed by atoms with E-state index in [0.717, 1.165) is 11.3 Å². The van der Waals surface area contributed by atoms with Crippen molar-refractivity contribution in [1.82, 2.24) is 4.90 Å². The number of thioether (sulfide) groups is 1. The number of rotatable bonds is 11. The number of amides is 1. The maximum Gasteiger partial charge on any atom is 0.266 e. The van der Waals surface area contributed by atoms with Crippen molar-refractivity contribution in [2.75, 3.05) is 26.4 Å². The molecule has 9 heteroatoms. The first-order valence-corrected chi connectivity index (χ1v) is 13.7. The fraction of sp³-hybridized carbons (Fsp3) is 0.233. The van der Waals surface area contributed by atoms with Gasteiger partial charge in [-0.2, -0.15) is 5.26 Å². The van der Waals surface area contributed by atoms with Gasteiger partial charge in [0.25, 0.3) is 5.91 Å². The highest BCUT2D eigenvalue weighted by Gasteiger charge is 2.33. The van der Waals surface area contributed by atoms with Gasteiger partial charge in [-0.1, -0.05) is 48.0 Å². The van der Waals surface area contributed by atoms with E-state index in [-0.39, 0.29) is 12.5 Å². The van der Waals surface area contributed by atoms with E-state index in [1.54, 1.807) is 35.2 Å². The van der Waals surface area contributed by atoms with Crippen molar-refractivity contribution in [1.29, 1.82) is 5.26 Å². The Morgan fingerprint density at radius 1 is 1.05 bits per heavy atom. The summed E-state index contributed by atoms with van der Waals surface area (Å²) in [6.07, 6.45) is 1.78. The zero-order chi connectivity index (χ0) is 27.6. The van der Waals surface area contributed by atoms with Gasteiger partial charge in [0.2, 0.25) is 0 Å². The van der Waals surface area contributed by atoms with Crippen molar-refractivity contribution < 1.29 is 19.0 Å². The fourth-order valence-electron chi connectivity index (χ4n) is 3.83. The minimum Gasteiger partial charge on any atom is -0.490 e. The number of ether oxygens (including phenoxy) is 3. The molecule has 1 aliphatic rings. The molecule has 3 aromatic rings. The molecule has 4 rings (SSSR count). The molecular formula is C30H28ClN3O4S. The zero-order valence-electron chi connectivity index (χ0n) is 21.7. The number of hydrogen-bond acceptors (Lipinski definition) is 7. The first-order chi connectivity index (χ1) is 19.0. The molecule has 0 atom stereocenters. The number of halogens is 1. The summed E-state index contributed by atoms with van der Waals surface area (Å²) >= 11 is 7.94. The summed E-state index contributed by atoms with van der Waals surface area (Å²) in [4.78, 5) is 20.2. The Morgan fingerprint density at radius 2 is 1.82 bits per heavy atom. The van der Waals surface area contributed by atoms with E-state index in [4.69, 9.17) is 30.8 Å². The van der Waals surface area contributed by atoms with Crippen LogP contribution < -0.4 is 9.47 Å². The van der Waals surface area contributed by atoms with E-state index in [2.05, 4.69) is 6.07 Å². The van der Waals surface area contributed by atoms with Crippen LogP contribution in [0.3, 0.4) is 0 Å². The largest absolute Gasteiger partial charge is 0.490 e. The fourth-order valence-corrected chi connectivity index (χ4v) is 5.13. The van der Waals surface area contributed by atoms with E-state index in [0.29, 0.717) is 64.1 Å². The lowest BCUT2D eigenvalue weighted by atomic mass is 10.1. The van der Waals surface area contributed by atoms with E-state index in [1.165, 1.54) is 11.8 Å². The van der Waals surface area contributed by atoms with Crippen LogP contribution in [0.1, 0.15) is 30.5 Å². The zero-order valence-corrected chi connectivity index (χ0v) is 23.3. The number of benzene rings is 3. The lowest BCUT2D eigenvalue weighted by Gasteiger charge is -2.15. The molecule has 1 aliphatic heterocycles. The summed E-state index contributed by atoms with van der Waals surface area (Å²) in [7, 11) is 0. The standard InChI is InChI=1S/C30H28ClN3O4S/c1-3-36-15-14-34-29(35)27(39-30(34)33-24-12-6-5-7-13-24)18-21-16-25(31)28(26(17-21)37-4-2)38-20-23-11-9-8-10-22(23)19-32/h5-13,16-18H,3-4,14-15,20H2,1-2H3/b27-18-,33-30?. The SMILES string of the molecule is CCOCCN1C(=O)/C(=C/c2cc(Cl)c(OCc3ccccc3C#N)c(OCC)c2)SC1=Nc1ccccc1. The molecule has 0 radical (unpaired) electrons. The molecule has 0 aliphatic carbocycles. The van der Waals surface area contributed by atoms with Gasteiger partial charge < -0.3 is 14.2 Å². The highest BCUT2D eigenvalue weighted by molar-refractivity contribution is 8.18. The number of para-hydroxylation sites is 1. The Morgan fingerprint density at radius 3 is 2.56 bits per heavy atom. The second kappa shape index (κ2) is 13.9. The van der Waals surface area contributed by atoms with Crippen molar-refractivity contribution in [2.24, 2.45) is 4.99 Å². The predicted molar refractivity (Wildman–Crippen MR) is 155 cm³/mol. The Kier molecular flexibility index (Phi) is 10.0. The van der Waals surface area contributed by atoms with Crippen LogP contribution in [0.25, 0.3) is 6.08 Å². The van der Waals surface area contributed by atoms with Crippen LogP contribution in [-0.2, 0) is 16.1 Å². The third kappa shape index (κ3) is 7.21. The lowest BCUT2D eigenvalue weighted by Crippen LogP contribution is -2.32. The molecular weight excluding hydrogens is 534 g/mol. The highest BCUT2D eigenvalue weighted by atomic mass is 35.5. The monoisotopic (exact) mass is 561 g/mol.